The Morgan fingerprint density at radius 1 is 1.06 bits per heavy atom. The van der Waals surface area contributed by atoms with Crippen LogP contribution in [0.25, 0.3) is 0 Å². The summed E-state index contributed by atoms with van der Waals surface area (Å²) in [6.07, 6.45) is 2.66. The largest absolute Gasteiger partial charge is 0.490 e. The number of para-hydroxylation sites is 1. The summed E-state index contributed by atoms with van der Waals surface area (Å²) in [4.78, 5) is 0. The number of hydrogen-bond acceptors (Lipinski definition) is 3. The molecule has 0 amide bonds. The van der Waals surface area contributed by atoms with E-state index in [0.717, 1.165) is 18.8 Å². The molecule has 1 heterocycles. The zero-order valence-electron chi connectivity index (χ0n) is 9.25. The quantitative estimate of drug-likeness (QED) is 0.827. The van der Waals surface area contributed by atoms with Crippen molar-refractivity contribution >= 4 is 0 Å². The lowest BCUT2D eigenvalue weighted by atomic mass is 9.96. The highest BCUT2D eigenvalue weighted by Gasteiger charge is 2.43. The highest BCUT2D eigenvalue weighted by atomic mass is 16.5. The summed E-state index contributed by atoms with van der Waals surface area (Å²) in [7, 11) is 0. The van der Waals surface area contributed by atoms with Crippen LogP contribution in [0.2, 0.25) is 0 Å². The van der Waals surface area contributed by atoms with Gasteiger partial charge >= 0.3 is 0 Å². The van der Waals surface area contributed by atoms with Crippen LogP contribution in [0.4, 0.5) is 0 Å². The van der Waals surface area contributed by atoms with Crippen LogP contribution in [0.1, 0.15) is 12.8 Å². The number of nitrogens with zero attached hydrogens (tertiary/aromatic N) is 1. The predicted octanol–water partition coefficient (Wildman–Crippen LogP) is 2.17. The molecule has 3 rings (SSSR count). The molecule has 2 aliphatic rings. The van der Waals surface area contributed by atoms with E-state index in [1.807, 2.05) is 30.3 Å². The maximum absolute atomic E-state index is 9.55. The molecule has 3 atom stereocenters. The lowest BCUT2D eigenvalue weighted by Crippen LogP contribution is -2.45. The second kappa shape index (κ2) is 4.07. The number of rotatable bonds is 2. The van der Waals surface area contributed by atoms with Crippen LogP contribution >= 0.6 is 0 Å². The fourth-order valence-corrected chi connectivity index (χ4v) is 3.00. The van der Waals surface area contributed by atoms with Crippen molar-refractivity contribution in [3.8, 4) is 5.75 Å². The Morgan fingerprint density at radius 2 is 1.69 bits per heavy atom. The average molecular weight is 219 g/mol. The summed E-state index contributed by atoms with van der Waals surface area (Å²) in [6, 6.07) is 10.0. The molecule has 86 valence electrons. The van der Waals surface area contributed by atoms with Gasteiger partial charge in [0.2, 0.25) is 0 Å². The van der Waals surface area contributed by atoms with Gasteiger partial charge in [0.15, 0.2) is 0 Å². The average Bonchev–Trinajstić information content (AvgIpc) is 2.54. The van der Waals surface area contributed by atoms with Crippen molar-refractivity contribution in [2.75, 3.05) is 13.1 Å². The highest BCUT2D eigenvalue weighted by molar-refractivity contribution is 5.21. The first-order valence-electron chi connectivity index (χ1n) is 5.98. The van der Waals surface area contributed by atoms with Crippen molar-refractivity contribution in [1.82, 2.24) is 5.06 Å². The third-order valence-electron chi connectivity index (χ3n) is 3.74. The molecule has 0 radical (unpaired) electrons. The van der Waals surface area contributed by atoms with Crippen LogP contribution in [-0.2, 0) is 0 Å². The van der Waals surface area contributed by atoms with Crippen molar-refractivity contribution in [3.05, 3.63) is 30.3 Å². The van der Waals surface area contributed by atoms with Gasteiger partial charge in [0.05, 0.1) is 0 Å². The molecular weight excluding hydrogens is 202 g/mol. The Balaban J connectivity index is 1.72. The zero-order chi connectivity index (χ0) is 11.0. The molecule has 1 N–H and O–H groups in total. The molecule has 3 heteroatoms. The summed E-state index contributed by atoms with van der Waals surface area (Å²) < 4.78 is 6.05. The molecule has 2 fully saturated rings. The van der Waals surface area contributed by atoms with E-state index in [-0.39, 0.29) is 0 Å². The van der Waals surface area contributed by atoms with Crippen molar-refractivity contribution in [2.24, 2.45) is 11.8 Å². The predicted molar refractivity (Wildman–Crippen MR) is 60.4 cm³/mol. The fraction of sp³-hybridized carbons (Fsp3) is 0.538. The molecule has 1 saturated carbocycles. The molecule has 0 spiro atoms. The molecule has 3 nitrogen and oxygen atoms in total. The molecule has 1 aliphatic heterocycles. The van der Waals surface area contributed by atoms with E-state index in [1.54, 1.807) is 0 Å². The number of ether oxygens (including phenoxy) is 1. The summed E-state index contributed by atoms with van der Waals surface area (Å²) in [5, 5.41) is 11.0. The van der Waals surface area contributed by atoms with Gasteiger partial charge in [0, 0.05) is 24.9 Å². The third-order valence-corrected chi connectivity index (χ3v) is 3.74. The number of piperidine rings is 1. The summed E-state index contributed by atoms with van der Waals surface area (Å²) >= 11 is 0. The molecule has 1 aromatic rings. The molecule has 1 aromatic carbocycles. The molecule has 1 unspecified atom stereocenters. The SMILES string of the molecule is ON1C[C@H]2CC[C@@H](C1)C2Oc1ccccc1. The monoisotopic (exact) mass is 219 g/mol. The van der Waals surface area contributed by atoms with E-state index < -0.39 is 0 Å². The van der Waals surface area contributed by atoms with Crippen LogP contribution in [0.3, 0.4) is 0 Å². The van der Waals surface area contributed by atoms with Gasteiger partial charge in [-0.25, -0.2) is 0 Å². The molecule has 0 aromatic heterocycles. The van der Waals surface area contributed by atoms with Gasteiger partial charge in [0.25, 0.3) is 0 Å². The standard InChI is InChI=1S/C13H17NO2/c15-14-8-10-6-7-11(9-14)13(10)16-12-4-2-1-3-5-12/h1-5,10-11,13,15H,6-9H2/t10-,11+,13?. The zero-order valence-corrected chi connectivity index (χ0v) is 9.25. The highest BCUT2D eigenvalue weighted by Crippen LogP contribution is 2.38. The van der Waals surface area contributed by atoms with Gasteiger partial charge in [-0.2, -0.15) is 5.06 Å². The van der Waals surface area contributed by atoms with Gasteiger partial charge in [-0.1, -0.05) is 18.2 Å². The van der Waals surface area contributed by atoms with Gasteiger partial charge in [-0.05, 0) is 25.0 Å². The van der Waals surface area contributed by atoms with Crippen molar-refractivity contribution in [1.29, 1.82) is 0 Å². The van der Waals surface area contributed by atoms with Crippen molar-refractivity contribution in [3.63, 3.8) is 0 Å². The lowest BCUT2D eigenvalue weighted by Gasteiger charge is -2.34. The van der Waals surface area contributed by atoms with Gasteiger partial charge < -0.3 is 9.94 Å². The van der Waals surface area contributed by atoms with E-state index in [1.165, 1.54) is 17.9 Å². The first-order valence-corrected chi connectivity index (χ1v) is 5.98. The van der Waals surface area contributed by atoms with Crippen molar-refractivity contribution in [2.45, 2.75) is 18.9 Å². The summed E-state index contributed by atoms with van der Waals surface area (Å²) in [5.41, 5.74) is 0. The van der Waals surface area contributed by atoms with Gasteiger partial charge in [-0.15, -0.1) is 0 Å². The Hall–Kier alpha value is -1.06. The van der Waals surface area contributed by atoms with Gasteiger partial charge in [0.1, 0.15) is 11.9 Å². The van der Waals surface area contributed by atoms with E-state index in [4.69, 9.17) is 4.74 Å². The molecule has 1 aliphatic carbocycles. The smallest absolute Gasteiger partial charge is 0.119 e. The first-order chi connectivity index (χ1) is 7.83. The Morgan fingerprint density at radius 3 is 2.31 bits per heavy atom. The van der Waals surface area contributed by atoms with Crippen LogP contribution in [-0.4, -0.2) is 29.5 Å². The number of fused-ring (bicyclic) bond motifs is 2. The van der Waals surface area contributed by atoms with Crippen LogP contribution in [0, 0.1) is 11.8 Å². The minimum atomic E-state index is 0.297. The fourth-order valence-electron chi connectivity index (χ4n) is 3.00. The summed E-state index contributed by atoms with van der Waals surface area (Å²) in [5.74, 6) is 1.93. The lowest BCUT2D eigenvalue weighted by molar-refractivity contribution is -0.143. The van der Waals surface area contributed by atoms with E-state index in [2.05, 4.69) is 0 Å². The minimum Gasteiger partial charge on any atom is -0.490 e. The maximum atomic E-state index is 9.55. The minimum absolute atomic E-state index is 0.297. The Kier molecular flexibility index (Phi) is 2.58. The van der Waals surface area contributed by atoms with E-state index >= 15 is 0 Å². The first kappa shape index (κ1) is 10.1. The topological polar surface area (TPSA) is 32.7 Å². The second-order valence-electron chi connectivity index (χ2n) is 4.86. The number of hydrogen-bond donors (Lipinski definition) is 1. The summed E-state index contributed by atoms with van der Waals surface area (Å²) in [6.45, 7) is 1.52. The Bertz CT molecular complexity index is 340. The van der Waals surface area contributed by atoms with Gasteiger partial charge in [-0.3, -0.25) is 0 Å². The van der Waals surface area contributed by atoms with Crippen LogP contribution in [0.15, 0.2) is 30.3 Å². The maximum Gasteiger partial charge on any atom is 0.119 e. The van der Waals surface area contributed by atoms with Crippen LogP contribution in [0.5, 0.6) is 5.75 Å². The normalized spacial score (nSPS) is 33.9. The molecule has 1 saturated heterocycles. The Labute approximate surface area is 95.6 Å². The molecular formula is C13H17NO2. The third kappa shape index (κ3) is 1.81. The number of hydroxylamine groups is 2. The molecule has 16 heavy (non-hydrogen) atoms. The van der Waals surface area contributed by atoms with E-state index in [9.17, 15) is 5.21 Å². The molecule has 2 bridgehead atoms. The second-order valence-corrected chi connectivity index (χ2v) is 4.86. The number of benzene rings is 1. The van der Waals surface area contributed by atoms with Crippen molar-refractivity contribution < 1.29 is 9.94 Å². The van der Waals surface area contributed by atoms with E-state index in [0.29, 0.717) is 17.9 Å². The van der Waals surface area contributed by atoms with Crippen LogP contribution < -0.4 is 4.74 Å².